The van der Waals surface area contributed by atoms with Crippen molar-refractivity contribution in [1.29, 1.82) is 0 Å². The first-order valence-corrected chi connectivity index (χ1v) is 4.45. The number of anilines is 1. The third-order valence-corrected chi connectivity index (χ3v) is 2.20. The van der Waals surface area contributed by atoms with Crippen molar-refractivity contribution in [3.63, 3.8) is 0 Å². The van der Waals surface area contributed by atoms with Crippen molar-refractivity contribution in [3.8, 4) is 11.4 Å². The maximum atomic E-state index is 5.82. The van der Waals surface area contributed by atoms with Crippen molar-refractivity contribution in [1.82, 2.24) is 14.8 Å². The van der Waals surface area contributed by atoms with Crippen molar-refractivity contribution in [2.24, 2.45) is 7.05 Å². The number of nitrogen functional groups attached to an aromatic ring is 1. The van der Waals surface area contributed by atoms with Gasteiger partial charge in [0.25, 0.3) is 0 Å². The average Bonchev–Trinajstić information content (AvgIpc) is 2.52. The number of nitrogens with zero attached hydrogens (tertiary/aromatic N) is 3. The van der Waals surface area contributed by atoms with E-state index in [4.69, 9.17) is 17.3 Å². The Kier molecular flexibility index (Phi) is 2.13. The van der Waals surface area contributed by atoms with Crippen molar-refractivity contribution < 1.29 is 0 Å². The average molecular weight is 209 g/mol. The molecule has 0 aliphatic heterocycles. The highest BCUT2D eigenvalue weighted by atomic mass is 35.5. The summed E-state index contributed by atoms with van der Waals surface area (Å²) >= 11 is 5.80. The number of benzene rings is 1. The number of hydrogen-bond acceptors (Lipinski definition) is 3. The molecule has 0 atom stereocenters. The van der Waals surface area contributed by atoms with Crippen LogP contribution in [0.4, 0.5) is 5.69 Å². The minimum absolute atomic E-state index is 0.605. The maximum absolute atomic E-state index is 5.82. The molecular formula is C9H9ClN4. The molecule has 0 fully saturated rings. The molecule has 0 unspecified atom stereocenters. The van der Waals surface area contributed by atoms with E-state index in [0.717, 1.165) is 11.4 Å². The van der Waals surface area contributed by atoms with Crippen LogP contribution >= 0.6 is 11.6 Å². The SMILES string of the molecule is Cn1cnnc1-c1ccc(Cl)cc1N. The zero-order valence-electron chi connectivity index (χ0n) is 7.61. The maximum Gasteiger partial charge on any atom is 0.165 e. The number of halogens is 1. The second-order valence-corrected chi connectivity index (χ2v) is 3.43. The molecule has 2 aromatic rings. The van der Waals surface area contributed by atoms with Gasteiger partial charge in [-0.1, -0.05) is 11.6 Å². The van der Waals surface area contributed by atoms with Crippen molar-refractivity contribution in [2.75, 3.05) is 5.73 Å². The van der Waals surface area contributed by atoms with Gasteiger partial charge < -0.3 is 10.3 Å². The molecule has 2 N–H and O–H groups in total. The fourth-order valence-electron chi connectivity index (χ4n) is 1.26. The fraction of sp³-hybridized carbons (Fsp3) is 0.111. The van der Waals surface area contributed by atoms with Crippen LogP contribution in [0.1, 0.15) is 0 Å². The Morgan fingerprint density at radius 1 is 1.43 bits per heavy atom. The molecule has 0 amide bonds. The fourth-order valence-corrected chi connectivity index (χ4v) is 1.44. The van der Waals surface area contributed by atoms with Crippen LogP contribution in [0, 0.1) is 0 Å². The van der Waals surface area contributed by atoms with Crippen LogP contribution < -0.4 is 5.73 Å². The zero-order valence-corrected chi connectivity index (χ0v) is 8.36. The molecule has 0 spiro atoms. The van der Waals surface area contributed by atoms with E-state index in [-0.39, 0.29) is 0 Å². The quantitative estimate of drug-likeness (QED) is 0.726. The van der Waals surface area contributed by atoms with Gasteiger partial charge in [-0.15, -0.1) is 10.2 Å². The van der Waals surface area contributed by atoms with Crippen LogP contribution in [0.15, 0.2) is 24.5 Å². The standard InChI is InChI=1S/C9H9ClN4/c1-14-5-12-13-9(14)7-3-2-6(10)4-8(7)11/h2-5H,11H2,1H3. The van der Waals surface area contributed by atoms with Crippen molar-refractivity contribution in [2.45, 2.75) is 0 Å². The lowest BCUT2D eigenvalue weighted by atomic mass is 10.1. The van der Waals surface area contributed by atoms with E-state index >= 15 is 0 Å². The molecule has 14 heavy (non-hydrogen) atoms. The molecule has 0 saturated heterocycles. The highest BCUT2D eigenvalue weighted by molar-refractivity contribution is 6.31. The van der Waals surface area contributed by atoms with E-state index in [1.807, 2.05) is 13.1 Å². The van der Waals surface area contributed by atoms with Crippen LogP contribution in [0.3, 0.4) is 0 Å². The number of rotatable bonds is 1. The summed E-state index contributed by atoms with van der Waals surface area (Å²) < 4.78 is 1.81. The van der Waals surface area contributed by atoms with Crippen LogP contribution in [0.5, 0.6) is 0 Å². The molecule has 1 aromatic carbocycles. The summed E-state index contributed by atoms with van der Waals surface area (Å²) in [5, 5.41) is 8.37. The predicted molar refractivity (Wildman–Crippen MR) is 55.9 cm³/mol. The summed E-state index contributed by atoms with van der Waals surface area (Å²) in [7, 11) is 1.86. The second kappa shape index (κ2) is 3.31. The van der Waals surface area contributed by atoms with Crippen LogP contribution in [-0.2, 0) is 7.05 Å². The molecule has 2 rings (SSSR count). The van der Waals surface area contributed by atoms with E-state index in [2.05, 4.69) is 10.2 Å². The summed E-state index contributed by atoms with van der Waals surface area (Å²) in [5.41, 5.74) is 7.26. The molecule has 0 aliphatic rings. The van der Waals surface area contributed by atoms with Gasteiger partial charge in [0.1, 0.15) is 6.33 Å². The minimum Gasteiger partial charge on any atom is -0.398 e. The monoisotopic (exact) mass is 208 g/mol. The Bertz CT molecular complexity index is 464. The molecular weight excluding hydrogens is 200 g/mol. The topological polar surface area (TPSA) is 56.7 Å². The van der Waals surface area contributed by atoms with Crippen LogP contribution in [0.25, 0.3) is 11.4 Å². The summed E-state index contributed by atoms with van der Waals surface area (Å²) in [6.45, 7) is 0. The van der Waals surface area contributed by atoms with Crippen LogP contribution in [-0.4, -0.2) is 14.8 Å². The molecule has 72 valence electrons. The molecule has 1 heterocycles. The van der Waals surface area contributed by atoms with Gasteiger partial charge in [0, 0.05) is 23.3 Å². The number of aromatic nitrogens is 3. The van der Waals surface area contributed by atoms with Gasteiger partial charge in [-0.2, -0.15) is 0 Å². The first-order valence-electron chi connectivity index (χ1n) is 4.08. The van der Waals surface area contributed by atoms with E-state index in [0.29, 0.717) is 10.7 Å². The molecule has 0 bridgehead atoms. The van der Waals surface area contributed by atoms with Gasteiger partial charge in [0.15, 0.2) is 5.82 Å². The summed E-state index contributed by atoms with van der Waals surface area (Å²) in [4.78, 5) is 0. The van der Waals surface area contributed by atoms with E-state index < -0.39 is 0 Å². The van der Waals surface area contributed by atoms with E-state index in [1.165, 1.54) is 0 Å². The van der Waals surface area contributed by atoms with Gasteiger partial charge in [0.2, 0.25) is 0 Å². The Morgan fingerprint density at radius 2 is 2.21 bits per heavy atom. The van der Waals surface area contributed by atoms with Crippen molar-refractivity contribution >= 4 is 17.3 Å². The lowest BCUT2D eigenvalue weighted by Crippen LogP contribution is -1.96. The molecule has 1 aromatic heterocycles. The highest BCUT2D eigenvalue weighted by Gasteiger charge is 2.07. The van der Waals surface area contributed by atoms with Gasteiger partial charge in [0.05, 0.1) is 0 Å². The first-order chi connectivity index (χ1) is 6.68. The highest BCUT2D eigenvalue weighted by Crippen LogP contribution is 2.26. The Morgan fingerprint density at radius 3 is 2.79 bits per heavy atom. The molecule has 5 heteroatoms. The predicted octanol–water partition coefficient (Wildman–Crippen LogP) is 1.72. The zero-order chi connectivity index (χ0) is 10.1. The van der Waals surface area contributed by atoms with Gasteiger partial charge in [-0.05, 0) is 18.2 Å². The number of hydrogen-bond donors (Lipinski definition) is 1. The second-order valence-electron chi connectivity index (χ2n) is 3.00. The number of aryl methyl sites for hydroxylation is 1. The lowest BCUT2D eigenvalue weighted by Gasteiger charge is -2.04. The smallest absolute Gasteiger partial charge is 0.165 e. The van der Waals surface area contributed by atoms with E-state index in [1.54, 1.807) is 23.0 Å². The normalized spacial score (nSPS) is 10.4. The minimum atomic E-state index is 0.605. The molecule has 0 saturated carbocycles. The Hall–Kier alpha value is -1.55. The summed E-state index contributed by atoms with van der Waals surface area (Å²) in [6, 6.07) is 5.31. The first kappa shape index (κ1) is 9.02. The molecule has 0 aliphatic carbocycles. The molecule has 4 nitrogen and oxygen atoms in total. The van der Waals surface area contributed by atoms with Gasteiger partial charge in [-0.25, -0.2) is 0 Å². The molecule has 0 radical (unpaired) electrons. The summed E-state index contributed by atoms with van der Waals surface area (Å²) in [5.74, 6) is 0.735. The largest absolute Gasteiger partial charge is 0.398 e. The Balaban J connectivity index is 2.58. The van der Waals surface area contributed by atoms with Gasteiger partial charge in [-0.3, -0.25) is 0 Å². The number of nitrogens with two attached hydrogens (primary N) is 1. The van der Waals surface area contributed by atoms with Crippen LogP contribution in [0.2, 0.25) is 5.02 Å². The Labute approximate surface area is 86.3 Å². The third-order valence-electron chi connectivity index (χ3n) is 1.97. The van der Waals surface area contributed by atoms with E-state index in [9.17, 15) is 0 Å². The third kappa shape index (κ3) is 1.44. The van der Waals surface area contributed by atoms with Crippen molar-refractivity contribution in [3.05, 3.63) is 29.5 Å². The summed E-state index contributed by atoms with van der Waals surface area (Å²) in [6.07, 6.45) is 1.63. The van der Waals surface area contributed by atoms with Gasteiger partial charge >= 0.3 is 0 Å². The lowest BCUT2D eigenvalue weighted by molar-refractivity contribution is 0.920.